The van der Waals surface area contributed by atoms with Crippen LogP contribution in [-0.2, 0) is 7.05 Å². The number of hydrogen-bond donors (Lipinski definition) is 1. The first-order chi connectivity index (χ1) is 9.20. The van der Waals surface area contributed by atoms with Gasteiger partial charge in [0.2, 0.25) is 0 Å². The van der Waals surface area contributed by atoms with E-state index in [2.05, 4.69) is 15.5 Å². The van der Waals surface area contributed by atoms with Crippen LogP contribution < -0.4 is 22.5 Å². The van der Waals surface area contributed by atoms with Crippen molar-refractivity contribution < 1.29 is 27.3 Å². The molecule has 0 amide bonds. The number of ketones is 1. The number of nitrogens with zero attached hydrogens (tertiary/aromatic N) is 4. The van der Waals surface area contributed by atoms with Crippen molar-refractivity contribution in [1.82, 2.24) is 20.2 Å². The number of rotatable bonds is 6. The molecule has 0 aliphatic rings. The molecule has 0 saturated carbocycles. The van der Waals surface area contributed by atoms with E-state index in [0.29, 0.717) is 30.2 Å². The van der Waals surface area contributed by atoms with Gasteiger partial charge in [-0.2, -0.15) is 4.68 Å². The molecular formula is C12H16ClN5O2. The molecule has 0 fully saturated rings. The first-order valence-electron chi connectivity index (χ1n) is 5.93. The van der Waals surface area contributed by atoms with Gasteiger partial charge in [-0.1, -0.05) is 17.2 Å². The van der Waals surface area contributed by atoms with Crippen molar-refractivity contribution in [3.63, 3.8) is 0 Å². The maximum atomic E-state index is 12.0. The predicted octanol–water partition coefficient (Wildman–Crippen LogP) is -3.31. The van der Waals surface area contributed by atoms with E-state index in [9.17, 15) is 4.79 Å². The zero-order valence-electron chi connectivity index (χ0n) is 11.3. The zero-order valence-corrected chi connectivity index (χ0v) is 12.0. The number of benzene rings is 1. The maximum Gasteiger partial charge on any atom is 0.343 e. The second-order valence-corrected chi connectivity index (χ2v) is 4.06. The largest absolute Gasteiger partial charge is 1.00 e. The smallest absolute Gasteiger partial charge is 0.343 e. The van der Waals surface area contributed by atoms with Gasteiger partial charge >= 0.3 is 5.95 Å². The lowest BCUT2D eigenvalue weighted by atomic mass is 10.1. The molecule has 20 heavy (non-hydrogen) atoms. The molecule has 0 radical (unpaired) electrons. The number of nitrogens with two attached hydrogens (primary N) is 1. The summed E-state index contributed by atoms with van der Waals surface area (Å²) < 4.78 is 6.66. The summed E-state index contributed by atoms with van der Waals surface area (Å²) in [6, 6.07) is 7.15. The number of aromatic nitrogens is 4. The summed E-state index contributed by atoms with van der Waals surface area (Å²) in [5.74, 6) is 1.43. The molecule has 0 bridgehead atoms. The normalized spacial score (nSPS) is 9.90. The van der Waals surface area contributed by atoms with Gasteiger partial charge in [-0.25, -0.2) is 0 Å². The maximum absolute atomic E-state index is 12.0. The summed E-state index contributed by atoms with van der Waals surface area (Å²) in [6.45, 7) is 0.601. The Morgan fingerprint density at radius 1 is 1.45 bits per heavy atom. The zero-order chi connectivity index (χ0) is 13.7. The number of tetrazole rings is 1. The van der Waals surface area contributed by atoms with E-state index in [1.54, 1.807) is 31.0 Å². The summed E-state index contributed by atoms with van der Waals surface area (Å²) in [7, 11) is 3.34. The van der Waals surface area contributed by atoms with E-state index in [1.807, 2.05) is 17.4 Å². The molecule has 8 heteroatoms. The van der Waals surface area contributed by atoms with Gasteiger partial charge in [0.15, 0.2) is 5.78 Å². The fraction of sp³-hybridized carbons (Fsp3) is 0.333. The van der Waals surface area contributed by atoms with E-state index in [0.717, 1.165) is 0 Å². The minimum Gasteiger partial charge on any atom is -1.00 e. The molecule has 2 aromatic rings. The van der Waals surface area contributed by atoms with Crippen molar-refractivity contribution in [1.29, 1.82) is 0 Å². The second kappa shape index (κ2) is 7.56. The highest BCUT2D eigenvalue weighted by molar-refractivity contribution is 5.96. The lowest BCUT2D eigenvalue weighted by Crippen LogP contribution is -3.00. The van der Waals surface area contributed by atoms with E-state index >= 15 is 0 Å². The number of hydrogen-bond acceptors (Lipinski definition) is 5. The van der Waals surface area contributed by atoms with Crippen LogP contribution >= 0.6 is 0 Å². The Kier molecular flexibility index (Phi) is 6.08. The molecular weight excluding hydrogens is 282 g/mol. The van der Waals surface area contributed by atoms with Crippen molar-refractivity contribution in [2.75, 3.05) is 13.7 Å². The number of methoxy groups -OCH3 is 1. The van der Waals surface area contributed by atoms with Crippen molar-refractivity contribution in [2.24, 2.45) is 7.05 Å². The van der Waals surface area contributed by atoms with Gasteiger partial charge in [0.05, 0.1) is 20.1 Å². The Morgan fingerprint density at radius 3 is 2.90 bits per heavy atom. The van der Waals surface area contributed by atoms with Crippen molar-refractivity contribution in [3.8, 4) is 5.75 Å². The van der Waals surface area contributed by atoms with Gasteiger partial charge in [-0.05, 0) is 22.6 Å². The monoisotopic (exact) mass is 297 g/mol. The SMILES string of the molecule is COc1cccc(C(=O)CC[NH2+]c2nnnn2C)c1.[Cl-]. The summed E-state index contributed by atoms with van der Waals surface area (Å²) in [6.07, 6.45) is 0.417. The Balaban J connectivity index is 0.00000200. The van der Waals surface area contributed by atoms with Gasteiger partial charge in [-0.3, -0.25) is 10.1 Å². The highest BCUT2D eigenvalue weighted by Gasteiger charge is 2.10. The highest BCUT2D eigenvalue weighted by atomic mass is 35.5. The molecule has 7 nitrogen and oxygen atoms in total. The molecule has 2 N–H and O–H groups in total. The van der Waals surface area contributed by atoms with Gasteiger partial charge in [0.1, 0.15) is 5.75 Å². The van der Waals surface area contributed by atoms with Crippen LogP contribution in [0.5, 0.6) is 5.75 Å². The van der Waals surface area contributed by atoms with Crippen LogP contribution in [0.3, 0.4) is 0 Å². The molecule has 1 aromatic carbocycles. The average Bonchev–Trinajstić information content (AvgIpc) is 2.84. The molecule has 0 spiro atoms. The van der Waals surface area contributed by atoms with Crippen LogP contribution in [0, 0.1) is 0 Å². The van der Waals surface area contributed by atoms with E-state index in [4.69, 9.17) is 4.74 Å². The number of quaternary nitrogens is 1. The quantitative estimate of drug-likeness (QED) is 0.564. The third-order valence-corrected chi connectivity index (χ3v) is 2.74. The van der Waals surface area contributed by atoms with Crippen LogP contribution in [0.1, 0.15) is 16.8 Å². The molecule has 0 aliphatic heterocycles. The Morgan fingerprint density at radius 2 is 2.25 bits per heavy atom. The average molecular weight is 298 g/mol. The first kappa shape index (κ1) is 16.1. The number of carbonyl (C=O) groups is 1. The van der Waals surface area contributed by atoms with Crippen LogP contribution in [0.25, 0.3) is 0 Å². The number of Topliss-reactive ketones (excluding diaryl/α,β-unsaturated/α-hetero) is 1. The fourth-order valence-corrected chi connectivity index (χ4v) is 1.68. The van der Waals surface area contributed by atoms with Crippen LogP contribution in [-0.4, -0.2) is 39.6 Å². The van der Waals surface area contributed by atoms with Crippen LogP contribution in [0.4, 0.5) is 5.95 Å². The molecule has 108 valence electrons. The number of halogens is 1. The fourth-order valence-electron chi connectivity index (χ4n) is 1.68. The second-order valence-electron chi connectivity index (χ2n) is 4.06. The van der Waals surface area contributed by atoms with Crippen molar-refractivity contribution in [3.05, 3.63) is 29.8 Å². The summed E-state index contributed by atoms with van der Waals surface area (Å²) in [4.78, 5) is 12.0. The summed E-state index contributed by atoms with van der Waals surface area (Å²) in [5, 5.41) is 12.9. The Labute approximate surface area is 122 Å². The lowest BCUT2D eigenvalue weighted by Gasteiger charge is -2.03. The molecule has 0 aliphatic carbocycles. The van der Waals surface area contributed by atoms with E-state index in [1.165, 1.54) is 0 Å². The Bertz CT molecular complexity index is 572. The van der Waals surface area contributed by atoms with Gasteiger partial charge in [0, 0.05) is 12.6 Å². The van der Waals surface area contributed by atoms with Crippen LogP contribution in [0.2, 0.25) is 0 Å². The highest BCUT2D eigenvalue weighted by Crippen LogP contribution is 2.13. The van der Waals surface area contributed by atoms with E-state index in [-0.39, 0.29) is 18.2 Å². The summed E-state index contributed by atoms with van der Waals surface area (Å²) >= 11 is 0. The molecule has 1 aromatic heterocycles. The molecule has 0 unspecified atom stereocenters. The molecule has 2 rings (SSSR count). The van der Waals surface area contributed by atoms with Gasteiger partial charge in [0.25, 0.3) is 0 Å². The van der Waals surface area contributed by atoms with Crippen LogP contribution in [0.15, 0.2) is 24.3 Å². The Hall–Kier alpha value is -1.99. The lowest BCUT2D eigenvalue weighted by molar-refractivity contribution is -0.579. The van der Waals surface area contributed by atoms with Crippen molar-refractivity contribution >= 4 is 11.7 Å². The predicted molar refractivity (Wildman–Crippen MR) is 67.2 cm³/mol. The van der Waals surface area contributed by atoms with Gasteiger partial charge < -0.3 is 17.1 Å². The standard InChI is InChI=1S/C12H15N5O2.ClH/c1-17-12(14-15-16-17)13-7-6-11(18)9-4-3-5-10(8-9)19-2;/h3-5,8H,6-7H2,1-2H3,(H,13,14,16);1H. The minimum atomic E-state index is 0. The molecule has 0 atom stereocenters. The molecule has 1 heterocycles. The van der Waals surface area contributed by atoms with E-state index < -0.39 is 0 Å². The number of ether oxygens (including phenoxy) is 1. The molecule has 0 saturated heterocycles. The van der Waals surface area contributed by atoms with Crippen molar-refractivity contribution in [2.45, 2.75) is 6.42 Å². The first-order valence-corrected chi connectivity index (χ1v) is 5.93. The minimum absolute atomic E-state index is 0. The third-order valence-electron chi connectivity index (χ3n) is 2.74. The van der Waals surface area contributed by atoms with Gasteiger partial charge in [-0.15, -0.1) is 0 Å². The number of carbonyl (C=O) groups excluding carboxylic acids is 1. The topological polar surface area (TPSA) is 86.5 Å². The summed E-state index contributed by atoms with van der Waals surface area (Å²) in [5.41, 5.74) is 0.656. The number of aryl methyl sites for hydroxylation is 1. The third kappa shape index (κ3) is 4.01.